The highest BCUT2D eigenvalue weighted by molar-refractivity contribution is 6.32. The number of carbonyl (C=O) groups excluding carboxylic acids is 3. The molecule has 1 aromatic heterocycles. The number of methoxy groups -OCH3 is 1. The predicted molar refractivity (Wildman–Crippen MR) is 98.4 cm³/mol. The maximum absolute atomic E-state index is 12.6. The Morgan fingerprint density at radius 1 is 1.19 bits per heavy atom. The standard InChI is InChI=1S/C19H20ClNO6/c1-10-16(19(24)25-4)11(2)21-17(10)18(23)12(3)27-15(22)9-26-14-8-6-5-7-13(14)20/h5-8,12,21H,9H2,1-4H3. The molecule has 1 N–H and O–H groups in total. The predicted octanol–water partition coefficient (Wildman–Crippen LogP) is 3.26. The molecule has 0 aliphatic rings. The lowest BCUT2D eigenvalue weighted by atomic mass is 10.1. The van der Waals surface area contributed by atoms with Gasteiger partial charge < -0.3 is 19.2 Å². The molecular formula is C19H20ClNO6. The van der Waals surface area contributed by atoms with E-state index in [-0.39, 0.29) is 5.69 Å². The van der Waals surface area contributed by atoms with Crippen molar-refractivity contribution in [3.8, 4) is 5.75 Å². The number of Topliss-reactive ketones (excluding diaryl/α,β-unsaturated/α-hetero) is 1. The summed E-state index contributed by atoms with van der Waals surface area (Å²) in [5, 5.41) is 0.363. The Kier molecular flexibility index (Phi) is 6.63. The smallest absolute Gasteiger partial charge is 0.344 e. The van der Waals surface area contributed by atoms with Crippen LogP contribution in [0.2, 0.25) is 5.02 Å². The topological polar surface area (TPSA) is 94.7 Å². The van der Waals surface area contributed by atoms with E-state index in [1.165, 1.54) is 14.0 Å². The molecule has 2 aromatic rings. The Bertz CT molecular complexity index is 873. The van der Waals surface area contributed by atoms with E-state index in [1.54, 1.807) is 38.1 Å². The third kappa shape index (κ3) is 4.68. The molecule has 1 atom stereocenters. The zero-order valence-electron chi connectivity index (χ0n) is 15.4. The van der Waals surface area contributed by atoms with Crippen molar-refractivity contribution < 1.29 is 28.6 Å². The molecule has 0 saturated heterocycles. The van der Waals surface area contributed by atoms with Gasteiger partial charge in [0.25, 0.3) is 0 Å². The van der Waals surface area contributed by atoms with E-state index in [0.29, 0.717) is 27.6 Å². The van der Waals surface area contributed by atoms with Crippen LogP contribution in [0, 0.1) is 13.8 Å². The maximum atomic E-state index is 12.6. The molecule has 0 fully saturated rings. The van der Waals surface area contributed by atoms with Crippen LogP contribution in [0.5, 0.6) is 5.75 Å². The highest BCUT2D eigenvalue weighted by Crippen LogP contribution is 2.23. The van der Waals surface area contributed by atoms with Crippen molar-refractivity contribution in [2.75, 3.05) is 13.7 Å². The molecule has 2 rings (SSSR count). The number of ketones is 1. The number of aromatic amines is 1. The number of aromatic nitrogens is 1. The Morgan fingerprint density at radius 3 is 2.48 bits per heavy atom. The maximum Gasteiger partial charge on any atom is 0.344 e. The second kappa shape index (κ2) is 8.73. The first-order valence-corrected chi connectivity index (χ1v) is 8.52. The summed E-state index contributed by atoms with van der Waals surface area (Å²) in [5.41, 5.74) is 1.43. The first-order valence-electron chi connectivity index (χ1n) is 8.14. The molecule has 1 heterocycles. The summed E-state index contributed by atoms with van der Waals surface area (Å²) in [6.07, 6.45) is -1.06. The number of ether oxygens (including phenoxy) is 3. The van der Waals surface area contributed by atoms with Gasteiger partial charge in [-0.15, -0.1) is 0 Å². The van der Waals surface area contributed by atoms with Crippen molar-refractivity contribution in [3.05, 3.63) is 51.8 Å². The average Bonchev–Trinajstić information content (AvgIpc) is 2.94. The van der Waals surface area contributed by atoms with Crippen molar-refractivity contribution in [1.29, 1.82) is 0 Å². The number of hydrogen-bond acceptors (Lipinski definition) is 6. The van der Waals surface area contributed by atoms with Crippen LogP contribution in [0.1, 0.15) is 39.0 Å². The van der Waals surface area contributed by atoms with Gasteiger partial charge in [0.05, 0.1) is 23.4 Å². The summed E-state index contributed by atoms with van der Waals surface area (Å²) >= 11 is 5.94. The average molecular weight is 394 g/mol. The van der Waals surface area contributed by atoms with Crippen molar-refractivity contribution in [3.63, 3.8) is 0 Å². The van der Waals surface area contributed by atoms with E-state index < -0.39 is 30.4 Å². The molecular weight excluding hydrogens is 374 g/mol. The number of esters is 2. The number of hydrogen-bond donors (Lipinski definition) is 1. The number of halogens is 1. The van der Waals surface area contributed by atoms with Crippen LogP contribution in [-0.2, 0) is 14.3 Å². The first-order chi connectivity index (χ1) is 12.8. The van der Waals surface area contributed by atoms with E-state index in [9.17, 15) is 14.4 Å². The largest absolute Gasteiger partial charge is 0.480 e. The minimum absolute atomic E-state index is 0.195. The number of H-pyrrole nitrogens is 1. The van der Waals surface area contributed by atoms with Crippen molar-refractivity contribution >= 4 is 29.3 Å². The highest BCUT2D eigenvalue weighted by atomic mass is 35.5. The SMILES string of the molecule is COC(=O)c1c(C)[nH]c(C(=O)C(C)OC(=O)COc2ccccc2Cl)c1C. The molecule has 0 spiro atoms. The Balaban J connectivity index is 2.02. The molecule has 144 valence electrons. The molecule has 7 nitrogen and oxygen atoms in total. The van der Waals surface area contributed by atoms with Gasteiger partial charge in [-0.1, -0.05) is 23.7 Å². The second-order valence-electron chi connectivity index (χ2n) is 5.83. The molecule has 0 amide bonds. The van der Waals surface area contributed by atoms with Crippen LogP contribution in [-0.4, -0.2) is 42.5 Å². The fourth-order valence-corrected chi connectivity index (χ4v) is 2.78. The van der Waals surface area contributed by atoms with Crippen LogP contribution in [0.4, 0.5) is 0 Å². The first kappa shape index (κ1) is 20.5. The summed E-state index contributed by atoms with van der Waals surface area (Å²) < 4.78 is 15.1. The summed E-state index contributed by atoms with van der Waals surface area (Å²) in [4.78, 5) is 39.2. The van der Waals surface area contributed by atoms with Gasteiger partial charge in [-0.3, -0.25) is 4.79 Å². The zero-order valence-corrected chi connectivity index (χ0v) is 16.2. The van der Waals surface area contributed by atoms with Gasteiger partial charge in [0.2, 0.25) is 5.78 Å². The summed E-state index contributed by atoms with van der Waals surface area (Å²) in [6, 6.07) is 6.69. The van der Waals surface area contributed by atoms with Gasteiger partial charge in [0.1, 0.15) is 5.75 Å². The summed E-state index contributed by atoms with van der Waals surface area (Å²) in [5.74, 6) is -1.38. The molecule has 0 bridgehead atoms. The molecule has 0 saturated carbocycles. The number of para-hydroxylation sites is 1. The fourth-order valence-electron chi connectivity index (χ4n) is 2.59. The Labute approximate surface area is 161 Å². The normalized spacial score (nSPS) is 11.6. The van der Waals surface area contributed by atoms with Crippen molar-refractivity contribution in [2.45, 2.75) is 26.9 Å². The monoisotopic (exact) mass is 393 g/mol. The zero-order chi connectivity index (χ0) is 20.1. The molecule has 0 radical (unpaired) electrons. The number of benzene rings is 1. The molecule has 0 aliphatic heterocycles. The van der Waals surface area contributed by atoms with Gasteiger partial charge >= 0.3 is 11.9 Å². The molecule has 27 heavy (non-hydrogen) atoms. The van der Waals surface area contributed by atoms with Gasteiger partial charge in [0, 0.05) is 5.69 Å². The van der Waals surface area contributed by atoms with Crippen LogP contribution >= 0.6 is 11.6 Å². The number of carbonyl (C=O) groups is 3. The van der Waals surface area contributed by atoms with Crippen LogP contribution in [0.25, 0.3) is 0 Å². The Hall–Kier alpha value is -2.80. The summed E-state index contributed by atoms with van der Waals surface area (Å²) in [7, 11) is 1.26. The number of aryl methyl sites for hydroxylation is 1. The lowest BCUT2D eigenvalue weighted by Gasteiger charge is -2.13. The van der Waals surface area contributed by atoms with Crippen molar-refractivity contribution in [2.24, 2.45) is 0 Å². The number of nitrogens with one attached hydrogen (secondary N) is 1. The summed E-state index contributed by atoms with van der Waals surface area (Å²) in [6.45, 7) is 4.34. The van der Waals surface area contributed by atoms with E-state index in [2.05, 4.69) is 4.98 Å². The van der Waals surface area contributed by atoms with Gasteiger partial charge in [0.15, 0.2) is 12.7 Å². The third-order valence-corrected chi connectivity index (χ3v) is 4.25. The highest BCUT2D eigenvalue weighted by Gasteiger charge is 2.27. The van der Waals surface area contributed by atoms with Gasteiger partial charge in [-0.25, -0.2) is 9.59 Å². The minimum Gasteiger partial charge on any atom is -0.480 e. The van der Waals surface area contributed by atoms with E-state index in [0.717, 1.165) is 0 Å². The van der Waals surface area contributed by atoms with E-state index in [4.69, 9.17) is 25.8 Å². The van der Waals surface area contributed by atoms with Gasteiger partial charge in [-0.05, 0) is 38.5 Å². The van der Waals surface area contributed by atoms with Crippen molar-refractivity contribution in [1.82, 2.24) is 4.98 Å². The number of rotatable bonds is 7. The Morgan fingerprint density at radius 2 is 1.85 bits per heavy atom. The molecule has 8 heteroatoms. The lowest BCUT2D eigenvalue weighted by Crippen LogP contribution is -2.28. The molecule has 1 aromatic carbocycles. The molecule has 0 aliphatic carbocycles. The third-order valence-electron chi connectivity index (χ3n) is 3.93. The minimum atomic E-state index is -1.06. The van der Waals surface area contributed by atoms with E-state index >= 15 is 0 Å². The van der Waals surface area contributed by atoms with Crippen LogP contribution in [0.3, 0.4) is 0 Å². The second-order valence-corrected chi connectivity index (χ2v) is 6.24. The van der Waals surface area contributed by atoms with Gasteiger partial charge in [-0.2, -0.15) is 0 Å². The molecule has 1 unspecified atom stereocenters. The lowest BCUT2D eigenvalue weighted by molar-refractivity contribution is -0.148. The fraction of sp³-hybridized carbons (Fsp3) is 0.316. The van der Waals surface area contributed by atoms with E-state index in [1.807, 2.05) is 0 Å². The van der Waals surface area contributed by atoms with Crippen LogP contribution in [0.15, 0.2) is 24.3 Å². The van der Waals surface area contributed by atoms with Crippen LogP contribution < -0.4 is 4.74 Å². The quantitative estimate of drug-likeness (QED) is 0.573.